The van der Waals surface area contributed by atoms with Crippen molar-refractivity contribution in [3.8, 4) is 0 Å². The van der Waals surface area contributed by atoms with Gasteiger partial charge in [-0.05, 0) is 30.9 Å². The van der Waals surface area contributed by atoms with Crippen LogP contribution in [0.15, 0.2) is 18.2 Å². The molecule has 1 unspecified atom stereocenters. The first-order valence-electron chi connectivity index (χ1n) is 4.83. The van der Waals surface area contributed by atoms with Crippen LogP contribution in [0.2, 0.25) is 10.0 Å². The molecule has 78 valence electrons. The van der Waals surface area contributed by atoms with Crippen molar-refractivity contribution in [3.63, 3.8) is 0 Å². The molecule has 0 heterocycles. The van der Waals surface area contributed by atoms with Crippen LogP contribution in [0.5, 0.6) is 0 Å². The average Bonchev–Trinajstić information content (AvgIpc) is 2.20. The predicted molar refractivity (Wildman–Crippen MR) is 63.0 cm³/mol. The fourth-order valence-corrected chi connectivity index (χ4v) is 1.70. The minimum absolute atomic E-state index is 0.255. The van der Waals surface area contributed by atoms with E-state index in [0.717, 1.165) is 24.8 Å². The summed E-state index contributed by atoms with van der Waals surface area (Å²) in [5, 5.41) is 1.28. The smallest absolute Gasteiger partial charge is 0.0624 e. The third kappa shape index (κ3) is 3.16. The van der Waals surface area contributed by atoms with Crippen LogP contribution in [0, 0.1) is 0 Å². The van der Waals surface area contributed by atoms with Crippen LogP contribution in [0.3, 0.4) is 0 Å². The van der Waals surface area contributed by atoms with Gasteiger partial charge in [-0.3, -0.25) is 0 Å². The normalized spacial score (nSPS) is 12.9. The molecule has 1 atom stereocenters. The molecule has 0 saturated heterocycles. The van der Waals surface area contributed by atoms with Crippen molar-refractivity contribution in [1.82, 2.24) is 0 Å². The Hall–Kier alpha value is -0.240. The highest BCUT2D eigenvalue weighted by molar-refractivity contribution is 6.42. The monoisotopic (exact) mass is 231 g/mol. The molecule has 0 aliphatic rings. The highest BCUT2D eigenvalue weighted by Crippen LogP contribution is 2.26. The quantitative estimate of drug-likeness (QED) is 0.842. The molecular formula is C11H15Cl2N. The maximum Gasteiger partial charge on any atom is 0.0624 e. The lowest BCUT2D eigenvalue weighted by Gasteiger charge is -2.09. The van der Waals surface area contributed by atoms with Crippen molar-refractivity contribution in [2.24, 2.45) is 5.73 Å². The summed E-state index contributed by atoms with van der Waals surface area (Å²) in [6.45, 7) is 2.09. The Bertz CT molecular complexity index is 299. The number of aryl methyl sites for hydroxylation is 1. The second-order valence-electron chi connectivity index (χ2n) is 3.42. The van der Waals surface area contributed by atoms with E-state index >= 15 is 0 Å². The van der Waals surface area contributed by atoms with Crippen LogP contribution < -0.4 is 5.73 Å². The Morgan fingerprint density at radius 2 is 2.07 bits per heavy atom. The van der Waals surface area contributed by atoms with Gasteiger partial charge in [-0.25, -0.2) is 0 Å². The lowest BCUT2D eigenvalue weighted by atomic mass is 10.0. The standard InChI is InChI=1S/C11H15Cl2N/c1-2-9(14)7-6-8-4-3-5-10(12)11(8)13/h3-5,9H,2,6-7,14H2,1H3. The summed E-state index contributed by atoms with van der Waals surface area (Å²) in [4.78, 5) is 0. The van der Waals surface area contributed by atoms with Crippen molar-refractivity contribution in [3.05, 3.63) is 33.8 Å². The van der Waals surface area contributed by atoms with E-state index in [4.69, 9.17) is 28.9 Å². The third-order valence-electron chi connectivity index (χ3n) is 2.34. The molecule has 0 aromatic heterocycles. The Morgan fingerprint density at radius 1 is 1.36 bits per heavy atom. The Balaban J connectivity index is 2.63. The van der Waals surface area contributed by atoms with E-state index in [-0.39, 0.29) is 6.04 Å². The van der Waals surface area contributed by atoms with Gasteiger partial charge in [0, 0.05) is 6.04 Å². The third-order valence-corrected chi connectivity index (χ3v) is 3.20. The molecule has 0 aliphatic carbocycles. The average molecular weight is 232 g/mol. The Labute approximate surface area is 95.2 Å². The van der Waals surface area contributed by atoms with Crippen molar-refractivity contribution in [1.29, 1.82) is 0 Å². The molecular weight excluding hydrogens is 217 g/mol. The molecule has 14 heavy (non-hydrogen) atoms. The topological polar surface area (TPSA) is 26.0 Å². The largest absolute Gasteiger partial charge is 0.328 e. The maximum absolute atomic E-state index is 6.05. The minimum Gasteiger partial charge on any atom is -0.328 e. The molecule has 1 nitrogen and oxygen atoms in total. The van der Waals surface area contributed by atoms with E-state index in [1.54, 1.807) is 6.07 Å². The van der Waals surface area contributed by atoms with E-state index in [0.29, 0.717) is 10.0 Å². The molecule has 0 fully saturated rings. The number of hydrogen-bond donors (Lipinski definition) is 1. The fraction of sp³-hybridized carbons (Fsp3) is 0.455. The summed E-state index contributed by atoms with van der Waals surface area (Å²) < 4.78 is 0. The van der Waals surface area contributed by atoms with Gasteiger partial charge in [0.2, 0.25) is 0 Å². The van der Waals surface area contributed by atoms with Crippen LogP contribution >= 0.6 is 23.2 Å². The van der Waals surface area contributed by atoms with E-state index in [2.05, 4.69) is 6.92 Å². The molecule has 1 aromatic rings. The summed E-state index contributed by atoms with van der Waals surface area (Å²) in [6.07, 6.45) is 2.85. The molecule has 1 rings (SSSR count). The fourth-order valence-electron chi connectivity index (χ4n) is 1.29. The van der Waals surface area contributed by atoms with Gasteiger partial charge in [-0.1, -0.05) is 42.3 Å². The summed E-state index contributed by atoms with van der Waals surface area (Å²) >= 11 is 11.9. The van der Waals surface area contributed by atoms with Gasteiger partial charge < -0.3 is 5.73 Å². The van der Waals surface area contributed by atoms with E-state index in [9.17, 15) is 0 Å². The zero-order chi connectivity index (χ0) is 10.6. The van der Waals surface area contributed by atoms with Gasteiger partial charge in [-0.15, -0.1) is 0 Å². The highest BCUT2D eigenvalue weighted by atomic mass is 35.5. The highest BCUT2D eigenvalue weighted by Gasteiger charge is 2.06. The first kappa shape index (κ1) is 11.8. The number of hydrogen-bond acceptors (Lipinski definition) is 1. The number of halogens is 2. The van der Waals surface area contributed by atoms with Gasteiger partial charge in [0.1, 0.15) is 0 Å². The predicted octanol–water partition coefficient (Wildman–Crippen LogP) is 3.66. The molecule has 0 amide bonds. The first-order chi connectivity index (χ1) is 6.65. The van der Waals surface area contributed by atoms with E-state index < -0.39 is 0 Å². The van der Waals surface area contributed by atoms with Crippen molar-refractivity contribution in [2.75, 3.05) is 0 Å². The van der Waals surface area contributed by atoms with Gasteiger partial charge in [0.25, 0.3) is 0 Å². The van der Waals surface area contributed by atoms with Gasteiger partial charge in [0.15, 0.2) is 0 Å². The minimum atomic E-state index is 0.255. The molecule has 0 radical (unpaired) electrons. The molecule has 0 aliphatic heterocycles. The second-order valence-corrected chi connectivity index (χ2v) is 4.21. The number of benzene rings is 1. The molecule has 0 saturated carbocycles. The van der Waals surface area contributed by atoms with Crippen LogP contribution in [0.25, 0.3) is 0 Å². The number of nitrogens with two attached hydrogens (primary N) is 1. The van der Waals surface area contributed by atoms with Crippen LogP contribution in [0.4, 0.5) is 0 Å². The summed E-state index contributed by atoms with van der Waals surface area (Å²) in [5.74, 6) is 0. The molecule has 0 bridgehead atoms. The molecule has 3 heteroatoms. The molecule has 1 aromatic carbocycles. The Morgan fingerprint density at radius 3 is 2.71 bits per heavy atom. The van der Waals surface area contributed by atoms with Gasteiger partial charge in [-0.2, -0.15) is 0 Å². The zero-order valence-corrected chi connectivity index (χ0v) is 9.78. The lowest BCUT2D eigenvalue weighted by molar-refractivity contribution is 0.596. The van der Waals surface area contributed by atoms with E-state index in [1.807, 2.05) is 12.1 Å². The summed E-state index contributed by atoms with van der Waals surface area (Å²) in [7, 11) is 0. The molecule has 2 N–H and O–H groups in total. The summed E-state index contributed by atoms with van der Waals surface area (Å²) in [6, 6.07) is 5.97. The summed E-state index contributed by atoms with van der Waals surface area (Å²) in [5.41, 5.74) is 6.92. The van der Waals surface area contributed by atoms with Gasteiger partial charge >= 0.3 is 0 Å². The Kier molecular flexibility index (Phi) is 4.73. The van der Waals surface area contributed by atoms with Gasteiger partial charge in [0.05, 0.1) is 10.0 Å². The SMILES string of the molecule is CCC(N)CCc1cccc(Cl)c1Cl. The van der Waals surface area contributed by atoms with Crippen LogP contribution in [0.1, 0.15) is 25.3 Å². The van der Waals surface area contributed by atoms with Crippen LogP contribution in [-0.2, 0) is 6.42 Å². The first-order valence-corrected chi connectivity index (χ1v) is 5.59. The van der Waals surface area contributed by atoms with Crippen molar-refractivity contribution in [2.45, 2.75) is 32.2 Å². The maximum atomic E-state index is 6.05. The van der Waals surface area contributed by atoms with Crippen molar-refractivity contribution >= 4 is 23.2 Å². The zero-order valence-electron chi connectivity index (χ0n) is 8.26. The van der Waals surface area contributed by atoms with Crippen molar-refractivity contribution < 1.29 is 0 Å². The van der Waals surface area contributed by atoms with E-state index in [1.165, 1.54) is 0 Å². The van der Waals surface area contributed by atoms with Crippen LogP contribution in [-0.4, -0.2) is 6.04 Å². The molecule has 0 spiro atoms. The second kappa shape index (κ2) is 5.59. The number of rotatable bonds is 4. The lowest BCUT2D eigenvalue weighted by Crippen LogP contribution is -2.19.